The average Bonchev–Trinajstić information content (AvgIpc) is 3.40. The Morgan fingerprint density at radius 3 is 2.73 bits per heavy atom. The second-order valence-corrected chi connectivity index (χ2v) is 9.03. The van der Waals surface area contributed by atoms with Crippen LogP contribution in [-0.4, -0.2) is 78.5 Å². The number of sulfonamides is 1. The van der Waals surface area contributed by atoms with Crippen molar-refractivity contribution in [2.45, 2.75) is 12.2 Å². The second-order valence-electron chi connectivity index (χ2n) is 7.06. The molecule has 10 nitrogen and oxygen atoms in total. The van der Waals surface area contributed by atoms with E-state index >= 15 is 0 Å². The quantitative estimate of drug-likeness (QED) is 0.438. The molecule has 0 aliphatic carbocycles. The molecule has 2 N–H and O–H groups in total. The van der Waals surface area contributed by atoms with Crippen LogP contribution in [0.2, 0.25) is 0 Å². The summed E-state index contributed by atoms with van der Waals surface area (Å²) >= 11 is 0. The van der Waals surface area contributed by atoms with E-state index in [4.69, 9.17) is 4.52 Å². The topological polar surface area (TPSA) is 120 Å². The van der Waals surface area contributed by atoms with Gasteiger partial charge in [0, 0.05) is 52.3 Å². The van der Waals surface area contributed by atoms with Crippen LogP contribution in [0.15, 0.2) is 46.1 Å². The predicted molar refractivity (Wildman–Crippen MR) is 113 cm³/mol. The Bertz CT molecular complexity index is 1070. The number of nitrogens with zero attached hydrogens (tertiary/aromatic N) is 5. The third kappa shape index (κ3) is 4.62. The van der Waals surface area contributed by atoms with Crippen molar-refractivity contribution in [2.24, 2.45) is 4.99 Å². The minimum absolute atomic E-state index is 0.145. The highest BCUT2D eigenvalue weighted by molar-refractivity contribution is 7.88. The number of piperazine rings is 1. The molecule has 30 heavy (non-hydrogen) atoms. The number of fused-ring (bicyclic) bond motifs is 1. The van der Waals surface area contributed by atoms with Crippen LogP contribution in [-0.2, 0) is 22.2 Å². The summed E-state index contributed by atoms with van der Waals surface area (Å²) < 4.78 is 31.4. The van der Waals surface area contributed by atoms with E-state index in [1.807, 2.05) is 24.3 Å². The number of aromatic nitrogens is 3. The van der Waals surface area contributed by atoms with E-state index in [-0.39, 0.29) is 5.75 Å². The fraction of sp³-hybridized carbons (Fsp3) is 0.421. The van der Waals surface area contributed by atoms with Crippen LogP contribution in [0.4, 0.5) is 0 Å². The first-order chi connectivity index (χ1) is 14.5. The first-order valence-electron chi connectivity index (χ1n) is 9.81. The van der Waals surface area contributed by atoms with Crippen molar-refractivity contribution in [3.8, 4) is 0 Å². The van der Waals surface area contributed by atoms with Crippen LogP contribution >= 0.6 is 0 Å². The van der Waals surface area contributed by atoms with Gasteiger partial charge in [-0.1, -0.05) is 17.3 Å². The fourth-order valence-electron chi connectivity index (χ4n) is 3.52. The normalized spacial score (nSPS) is 16.3. The Kier molecular flexibility index (Phi) is 6.00. The number of hydrogen-bond acceptors (Lipinski definition) is 6. The summed E-state index contributed by atoms with van der Waals surface area (Å²) in [6.45, 7) is 2.64. The van der Waals surface area contributed by atoms with Crippen molar-refractivity contribution >= 4 is 27.0 Å². The first-order valence-corrected chi connectivity index (χ1v) is 11.4. The molecule has 3 heterocycles. The Morgan fingerprint density at radius 1 is 1.23 bits per heavy atom. The molecule has 1 aliphatic heterocycles. The molecule has 0 atom stereocenters. The predicted octanol–water partition coefficient (Wildman–Crippen LogP) is 0.816. The number of imidazole rings is 1. The standard InChI is InChI=1S/C19H25N7O3S/c1-20-19(21-8-6-18-22-16-4-2-3-5-17(16)23-18)25-9-11-26(12-10-25)30(27,28)14-15-7-13-29-24-15/h2-5,7,13H,6,8-12,14H2,1H3,(H,20,21)(H,22,23). The fourth-order valence-corrected chi connectivity index (χ4v) is 4.94. The van der Waals surface area contributed by atoms with Gasteiger partial charge >= 0.3 is 0 Å². The molecular formula is C19H25N7O3S. The summed E-state index contributed by atoms with van der Waals surface area (Å²) in [5.41, 5.74) is 2.40. The SMILES string of the molecule is CN=C(NCCc1nc2ccccc2[nH]1)N1CCN(S(=O)(=O)Cc2ccon2)CC1. The maximum atomic E-state index is 12.6. The van der Waals surface area contributed by atoms with Gasteiger partial charge in [0.25, 0.3) is 0 Å². The zero-order valence-corrected chi connectivity index (χ0v) is 17.6. The zero-order chi connectivity index (χ0) is 21.0. The van der Waals surface area contributed by atoms with Crippen molar-refractivity contribution in [3.63, 3.8) is 0 Å². The summed E-state index contributed by atoms with van der Waals surface area (Å²) in [6, 6.07) is 9.52. The third-order valence-electron chi connectivity index (χ3n) is 5.05. The van der Waals surface area contributed by atoms with E-state index in [1.165, 1.54) is 10.6 Å². The van der Waals surface area contributed by atoms with Gasteiger partial charge in [0.1, 0.15) is 17.8 Å². The molecule has 3 aromatic rings. The average molecular weight is 432 g/mol. The van der Waals surface area contributed by atoms with Gasteiger partial charge in [-0.05, 0) is 12.1 Å². The molecule has 0 radical (unpaired) electrons. The van der Waals surface area contributed by atoms with Crippen molar-refractivity contribution < 1.29 is 12.9 Å². The summed E-state index contributed by atoms with van der Waals surface area (Å²) in [7, 11) is -1.68. The molecule has 0 amide bonds. The van der Waals surface area contributed by atoms with Crippen molar-refractivity contribution in [1.82, 2.24) is 29.6 Å². The highest BCUT2D eigenvalue weighted by Crippen LogP contribution is 2.13. The zero-order valence-electron chi connectivity index (χ0n) is 16.8. The molecule has 4 rings (SSSR count). The number of nitrogens with one attached hydrogen (secondary N) is 2. The number of guanidine groups is 1. The highest BCUT2D eigenvalue weighted by Gasteiger charge is 2.28. The summed E-state index contributed by atoms with van der Waals surface area (Å²) in [6.07, 6.45) is 2.11. The minimum Gasteiger partial charge on any atom is -0.364 e. The van der Waals surface area contributed by atoms with Crippen LogP contribution < -0.4 is 5.32 Å². The number of rotatable bonds is 6. The molecule has 0 unspecified atom stereocenters. The van der Waals surface area contributed by atoms with E-state index in [0.29, 0.717) is 38.4 Å². The van der Waals surface area contributed by atoms with Gasteiger partial charge in [-0.15, -0.1) is 0 Å². The van der Waals surface area contributed by atoms with E-state index in [9.17, 15) is 8.42 Å². The largest absolute Gasteiger partial charge is 0.364 e. The van der Waals surface area contributed by atoms with Gasteiger partial charge in [0.15, 0.2) is 5.96 Å². The van der Waals surface area contributed by atoms with Gasteiger partial charge in [-0.2, -0.15) is 4.31 Å². The second kappa shape index (κ2) is 8.84. The van der Waals surface area contributed by atoms with Crippen molar-refractivity contribution in [3.05, 3.63) is 48.1 Å². The van der Waals surface area contributed by atoms with Gasteiger partial charge in [0.2, 0.25) is 10.0 Å². The lowest BCUT2D eigenvalue weighted by atomic mass is 10.3. The smallest absolute Gasteiger partial charge is 0.220 e. The molecule has 1 aromatic carbocycles. The number of hydrogen-bond donors (Lipinski definition) is 2. The number of aliphatic imine (C=N–C) groups is 1. The van der Waals surface area contributed by atoms with E-state index in [1.54, 1.807) is 13.1 Å². The molecule has 1 saturated heterocycles. The van der Waals surface area contributed by atoms with Crippen LogP contribution in [0.3, 0.4) is 0 Å². The van der Waals surface area contributed by atoms with E-state index in [0.717, 1.165) is 29.2 Å². The molecule has 1 fully saturated rings. The molecule has 11 heteroatoms. The van der Waals surface area contributed by atoms with E-state index in [2.05, 4.69) is 30.3 Å². The Labute approximate surface area is 175 Å². The summed E-state index contributed by atoms with van der Waals surface area (Å²) in [5, 5.41) is 7.04. The third-order valence-corrected chi connectivity index (χ3v) is 6.86. The lowest BCUT2D eigenvalue weighted by Gasteiger charge is -2.35. The monoisotopic (exact) mass is 431 g/mol. The Balaban J connectivity index is 1.27. The maximum absolute atomic E-state index is 12.6. The van der Waals surface area contributed by atoms with Crippen molar-refractivity contribution in [1.29, 1.82) is 0 Å². The summed E-state index contributed by atoms with van der Waals surface area (Å²) in [4.78, 5) is 14.3. The van der Waals surface area contributed by atoms with Crippen LogP contribution in [0, 0.1) is 0 Å². The number of benzene rings is 1. The summed E-state index contributed by atoms with van der Waals surface area (Å²) in [5.74, 6) is 1.54. The van der Waals surface area contributed by atoms with Gasteiger partial charge in [0.05, 0.1) is 16.7 Å². The first kappa shape index (κ1) is 20.4. The van der Waals surface area contributed by atoms with Crippen molar-refractivity contribution in [2.75, 3.05) is 39.8 Å². The molecule has 0 saturated carbocycles. The van der Waals surface area contributed by atoms with Crippen LogP contribution in [0.5, 0.6) is 0 Å². The maximum Gasteiger partial charge on any atom is 0.220 e. The number of aromatic amines is 1. The van der Waals surface area contributed by atoms with Gasteiger partial charge in [-0.3, -0.25) is 4.99 Å². The Hall–Kier alpha value is -2.92. The van der Waals surface area contributed by atoms with E-state index < -0.39 is 10.0 Å². The molecule has 1 aliphatic rings. The number of para-hydroxylation sites is 2. The highest BCUT2D eigenvalue weighted by atomic mass is 32.2. The molecule has 0 bridgehead atoms. The molecular weight excluding hydrogens is 406 g/mol. The molecule has 2 aromatic heterocycles. The molecule has 160 valence electrons. The van der Waals surface area contributed by atoms with Gasteiger partial charge < -0.3 is 19.7 Å². The van der Waals surface area contributed by atoms with Crippen LogP contribution in [0.1, 0.15) is 11.5 Å². The lowest BCUT2D eigenvalue weighted by Crippen LogP contribution is -2.54. The lowest BCUT2D eigenvalue weighted by molar-refractivity contribution is 0.260. The van der Waals surface area contributed by atoms with Gasteiger partial charge in [-0.25, -0.2) is 13.4 Å². The number of H-pyrrole nitrogens is 1. The molecule has 0 spiro atoms. The minimum atomic E-state index is -3.42. The Morgan fingerprint density at radius 2 is 2.03 bits per heavy atom. The van der Waals surface area contributed by atoms with Crippen LogP contribution in [0.25, 0.3) is 11.0 Å².